The number of nitrogens with one attached hydrogen (secondary N) is 1. The fourth-order valence-corrected chi connectivity index (χ4v) is 3.21. The zero-order chi connectivity index (χ0) is 11.8. The van der Waals surface area contributed by atoms with E-state index in [1.165, 1.54) is 25.7 Å². The van der Waals surface area contributed by atoms with Gasteiger partial charge in [0.2, 0.25) is 5.91 Å². The van der Waals surface area contributed by atoms with Crippen molar-refractivity contribution in [2.24, 2.45) is 5.41 Å². The summed E-state index contributed by atoms with van der Waals surface area (Å²) in [6.07, 6.45) is 5.92. The fourth-order valence-electron chi connectivity index (χ4n) is 3.21. The quantitative estimate of drug-likeness (QED) is 0.779. The first-order valence-corrected chi connectivity index (χ1v) is 6.60. The van der Waals surface area contributed by atoms with Gasteiger partial charge < -0.3 is 4.90 Å². The van der Waals surface area contributed by atoms with Crippen LogP contribution in [0.5, 0.6) is 0 Å². The lowest BCUT2D eigenvalue weighted by Gasteiger charge is -2.43. The normalized spacial score (nSPS) is 34.4. The highest BCUT2D eigenvalue weighted by Crippen LogP contribution is 2.39. The molecule has 16 heavy (non-hydrogen) atoms. The van der Waals surface area contributed by atoms with Gasteiger partial charge in [-0.15, -0.1) is 0 Å². The number of nitrogens with zero attached hydrogens (tertiary/aromatic N) is 1. The topological polar surface area (TPSA) is 32.3 Å². The Balaban J connectivity index is 2.10. The number of carbonyl (C=O) groups is 1. The Labute approximate surface area is 98.6 Å². The molecule has 3 nitrogen and oxygen atoms in total. The third kappa shape index (κ3) is 1.97. The van der Waals surface area contributed by atoms with E-state index in [4.69, 9.17) is 0 Å². The van der Waals surface area contributed by atoms with Crippen LogP contribution in [0.3, 0.4) is 0 Å². The Morgan fingerprint density at radius 2 is 2.19 bits per heavy atom. The van der Waals surface area contributed by atoms with E-state index in [0.29, 0.717) is 11.9 Å². The molecule has 1 saturated heterocycles. The molecule has 2 atom stereocenters. The molecule has 1 aliphatic carbocycles. The zero-order valence-corrected chi connectivity index (χ0v) is 10.8. The number of carbonyl (C=O) groups excluding carboxylic acids is 1. The van der Waals surface area contributed by atoms with Crippen molar-refractivity contribution in [1.29, 1.82) is 0 Å². The molecule has 3 heteroatoms. The Morgan fingerprint density at radius 1 is 1.44 bits per heavy atom. The lowest BCUT2D eigenvalue weighted by molar-refractivity contribution is -0.134. The molecule has 2 aliphatic rings. The molecule has 1 saturated carbocycles. The van der Waals surface area contributed by atoms with Gasteiger partial charge in [-0.3, -0.25) is 10.1 Å². The van der Waals surface area contributed by atoms with Crippen LogP contribution in [0.15, 0.2) is 0 Å². The minimum absolute atomic E-state index is 0.0673. The van der Waals surface area contributed by atoms with Crippen molar-refractivity contribution < 1.29 is 4.79 Å². The van der Waals surface area contributed by atoms with Gasteiger partial charge in [0, 0.05) is 6.04 Å². The van der Waals surface area contributed by atoms with Crippen molar-refractivity contribution in [3.05, 3.63) is 0 Å². The summed E-state index contributed by atoms with van der Waals surface area (Å²) in [5.41, 5.74) is 0.290. The van der Waals surface area contributed by atoms with E-state index in [1.807, 2.05) is 0 Å². The van der Waals surface area contributed by atoms with Crippen molar-refractivity contribution >= 4 is 5.91 Å². The molecule has 2 rings (SSSR count). The van der Waals surface area contributed by atoms with E-state index in [9.17, 15) is 4.79 Å². The summed E-state index contributed by atoms with van der Waals surface area (Å²) < 4.78 is 0. The summed E-state index contributed by atoms with van der Waals surface area (Å²) in [5.74, 6) is 0.322. The molecule has 0 aromatic carbocycles. The van der Waals surface area contributed by atoms with Crippen molar-refractivity contribution in [2.75, 3.05) is 6.67 Å². The minimum atomic E-state index is 0.0673. The molecule has 1 heterocycles. The molecule has 0 aromatic rings. The van der Waals surface area contributed by atoms with E-state index >= 15 is 0 Å². The van der Waals surface area contributed by atoms with Crippen LogP contribution in [0, 0.1) is 5.41 Å². The van der Waals surface area contributed by atoms with Crippen LogP contribution < -0.4 is 5.32 Å². The smallest absolute Gasteiger partial charge is 0.241 e. The summed E-state index contributed by atoms with van der Waals surface area (Å²) in [6, 6.07) is 0.510. The third-order valence-electron chi connectivity index (χ3n) is 4.32. The maximum Gasteiger partial charge on any atom is 0.241 e. The van der Waals surface area contributed by atoms with Gasteiger partial charge in [-0.2, -0.15) is 0 Å². The summed E-state index contributed by atoms with van der Waals surface area (Å²) >= 11 is 0. The summed E-state index contributed by atoms with van der Waals surface area (Å²) in [4.78, 5) is 14.3. The van der Waals surface area contributed by atoms with E-state index in [-0.39, 0.29) is 11.5 Å². The van der Waals surface area contributed by atoms with E-state index in [2.05, 4.69) is 31.0 Å². The van der Waals surface area contributed by atoms with Crippen molar-refractivity contribution in [2.45, 2.75) is 65.0 Å². The lowest BCUT2D eigenvalue weighted by atomic mass is 9.72. The molecule has 1 N–H and O–H groups in total. The highest BCUT2D eigenvalue weighted by Gasteiger charge is 2.42. The van der Waals surface area contributed by atoms with Crippen molar-refractivity contribution in [1.82, 2.24) is 10.2 Å². The monoisotopic (exact) mass is 224 g/mol. The van der Waals surface area contributed by atoms with Gasteiger partial charge in [0.05, 0.1) is 12.7 Å². The first-order chi connectivity index (χ1) is 7.56. The Kier molecular flexibility index (Phi) is 3.24. The Hall–Kier alpha value is -0.570. The van der Waals surface area contributed by atoms with Gasteiger partial charge in [0.1, 0.15) is 0 Å². The Bertz CT molecular complexity index is 275. The first-order valence-electron chi connectivity index (χ1n) is 6.60. The second-order valence-corrected chi connectivity index (χ2v) is 5.88. The van der Waals surface area contributed by atoms with Crippen LogP contribution >= 0.6 is 0 Å². The molecule has 2 unspecified atom stereocenters. The van der Waals surface area contributed by atoms with Gasteiger partial charge in [0.15, 0.2) is 0 Å². The van der Waals surface area contributed by atoms with Crippen LogP contribution in [-0.4, -0.2) is 29.6 Å². The molecular weight excluding hydrogens is 200 g/mol. The predicted octanol–water partition coefficient (Wildman–Crippen LogP) is 2.12. The summed E-state index contributed by atoms with van der Waals surface area (Å²) in [6.45, 7) is 7.45. The van der Waals surface area contributed by atoms with Crippen molar-refractivity contribution in [3.8, 4) is 0 Å². The van der Waals surface area contributed by atoms with Gasteiger partial charge in [-0.1, -0.05) is 33.6 Å². The van der Waals surface area contributed by atoms with E-state index in [1.54, 1.807) is 0 Å². The summed E-state index contributed by atoms with van der Waals surface area (Å²) in [7, 11) is 0. The molecule has 0 spiro atoms. The van der Waals surface area contributed by atoms with E-state index < -0.39 is 0 Å². The molecule has 0 radical (unpaired) electrons. The molecule has 0 bridgehead atoms. The lowest BCUT2D eigenvalue weighted by Crippen LogP contribution is -2.48. The van der Waals surface area contributed by atoms with Gasteiger partial charge in [-0.05, 0) is 24.7 Å². The number of hydrogen-bond acceptors (Lipinski definition) is 2. The standard InChI is InChI=1S/C13H24N2O/c1-4-10-12(16)15(9-14-10)11-7-5-6-8-13(11,2)3/h10-11,14H,4-9H2,1-3H3. The number of hydrogen-bond donors (Lipinski definition) is 1. The highest BCUT2D eigenvalue weighted by molar-refractivity contribution is 5.84. The van der Waals surface area contributed by atoms with Crippen LogP contribution in [0.1, 0.15) is 52.9 Å². The summed E-state index contributed by atoms with van der Waals surface area (Å²) in [5, 5.41) is 3.32. The van der Waals surface area contributed by atoms with E-state index in [0.717, 1.165) is 13.1 Å². The predicted molar refractivity (Wildman–Crippen MR) is 65.0 cm³/mol. The van der Waals surface area contributed by atoms with Crippen LogP contribution in [0.2, 0.25) is 0 Å². The number of amides is 1. The second kappa shape index (κ2) is 4.36. The van der Waals surface area contributed by atoms with Crippen LogP contribution in [0.4, 0.5) is 0 Å². The average molecular weight is 224 g/mol. The molecule has 1 aliphatic heterocycles. The highest BCUT2D eigenvalue weighted by atomic mass is 16.2. The van der Waals surface area contributed by atoms with Crippen LogP contribution in [0.25, 0.3) is 0 Å². The van der Waals surface area contributed by atoms with Gasteiger partial charge >= 0.3 is 0 Å². The first kappa shape index (κ1) is 11.9. The average Bonchev–Trinajstić information content (AvgIpc) is 2.59. The maximum absolute atomic E-state index is 12.2. The molecular formula is C13H24N2O. The maximum atomic E-state index is 12.2. The zero-order valence-electron chi connectivity index (χ0n) is 10.8. The number of rotatable bonds is 2. The molecule has 92 valence electrons. The van der Waals surface area contributed by atoms with Gasteiger partial charge in [-0.25, -0.2) is 0 Å². The SMILES string of the molecule is CCC1NCN(C2CCCCC2(C)C)C1=O. The molecule has 1 amide bonds. The minimum Gasteiger partial charge on any atom is -0.325 e. The Morgan fingerprint density at radius 3 is 2.75 bits per heavy atom. The third-order valence-corrected chi connectivity index (χ3v) is 4.32. The van der Waals surface area contributed by atoms with Gasteiger partial charge in [0.25, 0.3) is 0 Å². The fraction of sp³-hybridized carbons (Fsp3) is 0.923. The largest absolute Gasteiger partial charge is 0.325 e. The molecule has 0 aromatic heterocycles. The molecule has 2 fully saturated rings. The van der Waals surface area contributed by atoms with Crippen LogP contribution in [-0.2, 0) is 4.79 Å². The van der Waals surface area contributed by atoms with Crippen molar-refractivity contribution in [3.63, 3.8) is 0 Å². The second-order valence-electron chi connectivity index (χ2n) is 5.88.